The normalized spacial score (nSPS) is 10.3. The van der Waals surface area contributed by atoms with E-state index in [1.54, 1.807) is 18.5 Å². The summed E-state index contributed by atoms with van der Waals surface area (Å²) in [6.07, 6.45) is 4.69. The van der Waals surface area contributed by atoms with Crippen LogP contribution < -0.4 is 0 Å². The van der Waals surface area contributed by atoms with Gasteiger partial charge in [0.25, 0.3) is 0 Å². The lowest BCUT2D eigenvalue weighted by Crippen LogP contribution is -1.99. The second kappa shape index (κ2) is 5.23. The lowest BCUT2D eigenvalue weighted by molar-refractivity contribution is 0.0987. The van der Waals surface area contributed by atoms with Crippen LogP contribution >= 0.6 is 22.9 Å². The lowest BCUT2D eigenvalue weighted by atomic mass is 10.1. The lowest BCUT2D eigenvalue weighted by Gasteiger charge is -1.99. The number of ketones is 1. The predicted octanol–water partition coefficient (Wildman–Crippen LogP) is 3.61. The standard InChI is InChI=1S/C12H10ClNOS/c13-10-5-7-16-12(10)11(15)4-3-9-2-1-6-14-8-9/h1-2,5-8H,3-4H2. The third-order valence-corrected chi connectivity index (χ3v) is 3.62. The SMILES string of the molecule is O=C(CCc1cccnc1)c1sccc1Cl. The fourth-order valence-electron chi connectivity index (χ4n) is 1.41. The van der Waals surface area contributed by atoms with Crippen molar-refractivity contribution in [2.45, 2.75) is 12.8 Å². The maximum Gasteiger partial charge on any atom is 0.174 e. The van der Waals surface area contributed by atoms with Crippen molar-refractivity contribution in [2.24, 2.45) is 0 Å². The molecule has 0 aliphatic carbocycles. The molecule has 0 fully saturated rings. The van der Waals surface area contributed by atoms with Gasteiger partial charge < -0.3 is 0 Å². The summed E-state index contributed by atoms with van der Waals surface area (Å²) in [6.45, 7) is 0. The Morgan fingerprint density at radius 3 is 2.94 bits per heavy atom. The van der Waals surface area contributed by atoms with E-state index in [1.807, 2.05) is 17.5 Å². The van der Waals surface area contributed by atoms with Gasteiger partial charge >= 0.3 is 0 Å². The minimum Gasteiger partial charge on any atom is -0.293 e. The molecule has 0 saturated carbocycles. The van der Waals surface area contributed by atoms with E-state index in [4.69, 9.17) is 11.6 Å². The van der Waals surface area contributed by atoms with Gasteiger partial charge in [-0.05, 0) is 29.5 Å². The van der Waals surface area contributed by atoms with Crippen LogP contribution in [0.4, 0.5) is 0 Å². The predicted molar refractivity (Wildman–Crippen MR) is 66.2 cm³/mol. The van der Waals surface area contributed by atoms with Crippen molar-refractivity contribution in [3.05, 3.63) is 51.4 Å². The summed E-state index contributed by atoms with van der Waals surface area (Å²) in [7, 11) is 0. The van der Waals surface area contributed by atoms with Crippen molar-refractivity contribution in [3.8, 4) is 0 Å². The van der Waals surface area contributed by atoms with Gasteiger partial charge in [0.1, 0.15) is 0 Å². The van der Waals surface area contributed by atoms with Crippen molar-refractivity contribution in [1.29, 1.82) is 0 Å². The van der Waals surface area contributed by atoms with Crippen molar-refractivity contribution < 1.29 is 4.79 Å². The van der Waals surface area contributed by atoms with Crippen molar-refractivity contribution >= 4 is 28.7 Å². The Morgan fingerprint density at radius 2 is 2.31 bits per heavy atom. The van der Waals surface area contributed by atoms with Crippen molar-refractivity contribution in [3.63, 3.8) is 0 Å². The third kappa shape index (κ3) is 2.68. The highest BCUT2D eigenvalue weighted by Gasteiger charge is 2.11. The Bertz CT molecular complexity index is 481. The van der Waals surface area contributed by atoms with Crippen LogP contribution in [-0.4, -0.2) is 10.8 Å². The number of pyridine rings is 1. The highest BCUT2D eigenvalue weighted by molar-refractivity contribution is 7.12. The molecule has 2 nitrogen and oxygen atoms in total. The molecule has 0 saturated heterocycles. The highest BCUT2D eigenvalue weighted by atomic mass is 35.5. The zero-order valence-electron chi connectivity index (χ0n) is 8.52. The molecule has 82 valence electrons. The van der Waals surface area contributed by atoms with Crippen molar-refractivity contribution in [2.75, 3.05) is 0 Å². The first-order chi connectivity index (χ1) is 7.77. The smallest absolute Gasteiger partial charge is 0.174 e. The number of hydrogen-bond acceptors (Lipinski definition) is 3. The maximum atomic E-state index is 11.8. The molecule has 0 spiro atoms. The molecule has 0 N–H and O–H groups in total. The molecule has 0 atom stereocenters. The minimum atomic E-state index is 0.101. The van der Waals surface area contributed by atoms with E-state index in [1.165, 1.54) is 11.3 Å². The van der Waals surface area contributed by atoms with E-state index >= 15 is 0 Å². The van der Waals surface area contributed by atoms with E-state index in [9.17, 15) is 4.79 Å². The van der Waals surface area contributed by atoms with Gasteiger partial charge in [-0.15, -0.1) is 11.3 Å². The monoisotopic (exact) mass is 251 g/mol. The average Bonchev–Trinajstić information content (AvgIpc) is 2.74. The molecule has 16 heavy (non-hydrogen) atoms. The molecule has 2 aromatic heterocycles. The van der Waals surface area contributed by atoms with Gasteiger partial charge in [0.15, 0.2) is 5.78 Å². The van der Waals surface area contributed by atoms with Crippen LogP contribution in [0.2, 0.25) is 5.02 Å². The van der Waals surface area contributed by atoms with Crippen LogP contribution in [0, 0.1) is 0 Å². The van der Waals surface area contributed by atoms with Crippen LogP contribution in [0.1, 0.15) is 21.7 Å². The number of nitrogens with zero attached hydrogens (tertiary/aromatic N) is 1. The second-order valence-electron chi connectivity index (χ2n) is 3.38. The summed E-state index contributed by atoms with van der Waals surface area (Å²) in [5.74, 6) is 0.101. The Kier molecular flexibility index (Phi) is 3.70. The van der Waals surface area contributed by atoms with Gasteiger partial charge in [-0.1, -0.05) is 17.7 Å². The number of thiophene rings is 1. The van der Waals surface area contributed by atoms with E-state index in [0.717, 1.165) is 5.56 Å². The summed E-state index contributed by atoms with van der Waals surface area (Å²) < 4.78 is 0. The quantitative estimate of drug-likeness (QED) is 0.777. The molecule has 0 aliphatic rings. The highest BCUT2D eigenvalue weighted by Crippen LogP contribution is 2.23. The summed E-state index contributed by atoms with van der Waals surface area (Å²) in [4.78, 5) is 16.5. The van der Waals surface area contributed by atoms with E-state index in [-0.39, 0.29) is 5.78 Å². The van der Waals surface area contributed by atoms with E-state index < -0.39 is 0 Å². The summed E-state index contributed by atoms with van der Waals surface area (Å²) in [5, 5.41) is 2.39. The molecule has 0 unspecified atom stereocenters. The first kappa shape index (κ1) is 11.3. The largest absolute Gasteiger partial charge is 0.293 e. The van der Waals surface area contributed by atoms with Crippen LogP contribution in [-0.2, 0) is 6.42 Å². The Morgan fingerprint density at radius 1 is 1.44 bits per heavy atom. The number of Topliss-reactive ketones (excluding diaryl/α,β-unsaturated/α-hetero) is 1. The van der Waals surface area contributed by atoms with Gasteiger partial charge in [0.05, 0.1) is 9.90 Å². The van der Waals surface area contributed by atoms with E-state index in [2.05, 4.69) is 4.98 Å². The minimum absolute atomic E-state index is 0.101. The molecule has 0 radical (unpaired) electrons. The Labute approximate surface area is 103 Å². The number of aromatic nitrogens is 1. The molecule has 0 aliphatic heterocycles. The van der Waals surface area contributed by atoms with Gasteiger partial charge in [0, 0.05) is 18.8 Å². The van der Waals surface area contributed by atoms with Gasteiger partial charge in [-0.3, -0.25) is 9.78 Å². The fourth-order valence-corrected chi connectivity index (χ4v) is 2.54. The number of halogens is 1. The summed E-state index contributed by atoms with van der Waals surface area (Å²) >= 11 is 7.29. The van der Waals surface area contributed by atoms with Crippen molar-refractivity contribution in [1.82, 2.24) is 4.98 Å². The van der Waals surface area contributed by atoms with Gasteiger partial charge in [-0.25, -0.2) is 0 Å². The number of carbonyl (C=O) groups excluding carboxylic acids is 1. The first-order valence-corrected chi connectivity index (χ1v) is 6.18. The molecule has 2 rings (SSSR count). The second-order valence-corrected chi connectivity index (χ2v) is 4.71. The number of rotatable bonds is 4. The number of carbonyl (C=O) groups is 1. The average molecular weight is 252 g/mol. The van der Waals surface area contributed by atoms with Crippen LogP contribution in [0.15, 0.2) is 36.0 Å². The summed E-state index contributed by atoms with van der Waals surface area (Å²) in [5.41, 5.74) is 1.07. The number of hydrogen-bond donors (Lipinski definition) is 0. The molecular formula is C12H10ClNOS. The molecule has 0 aromatic carbocycles. The number of aryl methyl sites for hydroxylation is 1. The molecular weight excluding hydrogens is 242 g/mol. The van der Waals surface area contributed by atoms with Crippen LogP contribution in [0.3, 0.4) is 0 Å². The Hall–Kier alpha value is -1.19. The maximum absolute atomic E-state index is 11.8. The third-order valence-electron chi connectivity index (χ3n) is 2.23. The van der Waals surface area contributed by atoms with Crippen LogP contribution in [0.5, 0.6) is 0 Å². The molecule has 2 heterocycles. The molecule has 2 aromatic rings. The zero-order valence-corrected chi connectivity index (χ0v) is 10.1. The van der Waals surface area contributed by atoms with E-state index in [0.29, 0.717) is 22.7 Å². The van der Waals surface area contributed by atoms with Gasteiger partial charge in [0.2, 0.25) is 0 Å². The fraction of sp³-hybridized carbons (Fsp3) is 0.167. The van der Waals surface area contributed by atoms with Gasteiger partial charge in [-0.2, -0.15) is 0 Å². The first-order valence-electron chi connectivity index (χ1n) is 4.92. The molecule has 4 heteroatoms. The zero-order chi connectivity index (χ0) is 11.4. The molecule has 0 bridgehead atoms. The topological polar surface area (TPSA) is 30.0 Å². The summed E-state index contributed by atoms with van der Waals surface area (Å²) in [6, 6.07) is 5.60. The molecule has 0 amide bonds. The van der Waals surface area contributed by atoms with Crippen LogP contribution in [0.25, 0.3) is 0 Å². The Balaban J connectivity index is 1.97.